The molecule has 4 heteroatoms. The summed E-state index contributed by atoms with van der Waals surface area (Å²) in [5, 5.41) is 3.56. The van der Waals surface area contributed by atoms with Crippen molar-refractivity contribution in [3.63, 3.8) is 0 Å². The molecule has 1 N–H and O–H groups in total. The van der Waals surface area contributed by atoms with Crippen LogP contribution in [0.2, 0.25) is 5.02 Å². The van der Waals surface area contributed by atoms with Crippen LogP contribution in [0.4, 0.5) is 0 Å². The Kier molecular flexibility index (Phi) is 5.00. The van der Waals surface area contributed by atoms with Crippen LogP contribution in [0, 0.1) is 0 Å². The first kappa shape index (κ1) is 14.1. The van der Waals surface area contributed by atoms with Crippen molar-refractivity contribution in [2.75, 3.05) is 13.1 Å². The largest absolute Gasteiger partial charge is 0.352 e. The number of nitrogens with one attached hydrogen (secondary N) is 1. The monoisotopic (exact) mass is 278 g/mol. The Bertz CT molecular complexity index is 440. The van der Waals surface area contributed by atoms with E-state index < -0.39 is 0 Å². The maximum atomic E-state index is 11.8. The molecule has 0 atom stereocenters. The second kappa shape index (κ2) is 6.73. The van der Waals surface area contributed by atoms with Gasteiger partial charge in [0.15, 0.2) is 0 Å². The fourth-order valence-corrected chi connectivity index (χ4v) is 2.13. The zero-order chi connectivity index (χ0) is 13.7. The molecule has 2 rings (SSSR count). The molecule has 0 spiro atoms. The van der Waals surface area contributed by atoms with Gasteiger partial charge in [0.1, 0.15) is 0 Å². The molecule has 0 aromatic heterocycles. The summed E-state index contributed by atoms with van der Waals surface area (Å²) in [5.74, 6) is 0.0563. The van der Waals surface area contributed by atoms with Crippen LogP contribution in [0.25, 0.3) is 0 Å². The second-order valence-electron chi connectivity index (χ2n) is 4.86. The molecule has 0 unspecified atom stereocenters. The lowest BCUT2D eigenvalue weighted by atomic mass is 10.2. The lowest BCUT2D eigenvalue weighted by Crippen LogP contribution is -2.38. The van der Waals surface area contributed by atoms with E-state index in [1.165, 1.54) is 18.4 Å². The van der Waals surface area contributed by atoms with Crippen molar-refractivity contribution in [1.29, 1.82) is 0 Å². The molecule has 0 aliphatic heterocycles. The first-order chi connectivity index (χ1) is 9.19. The van der Waals surface area contributed by atoms with E-state index in [0.29, 0.717) is 19.1 Å². The summed E-state index contributed by atoms with van der Waals surface area (Å²) in [6.45, 7) is 5.36. The van der Waals surface area contributed by atoms with Crippen molar-refractivity contribution in [3.05, 3.63) is 47.5 Å². The number of hydrogen-bond acceptors (Lipinski definition) is 2. The molecule has 0 heterocycles. The molecule has 102 valence electrons. The van der Waals surface area contributed by atoms with Gasteiger partial charge in [-0.2, -0.15) is 0 Å². The van der Waals surface area contributed by atoms with Crippen LogP contribution in [0.5, 0.6) is 0 Å². The number of rotatable bonds is 7. The number of carbonyl (C=O) groups excluding carboxylic acids is 1. The van der Waals surface area contributed by atoms with Crippen molar-refractivity contribution in [3.8, 4) is 0 Å². The van der Waals surface area contributed by atoms with E-state index in [4.69, 9.17) is 11.6 Å². The third-order valence-electron chi connectivity index (χ3n) is 3.15. The Labute approximate surface area is 119 Å². The SMILES string of the molecule is C=CCNC(=O)CN(Cc1ccc(Cl)cc1)C1CC1. The number of benzene rings is 1. The third-order valence-corrected chi connectivity index (χ3v) is 3.40. The van der Waals surface area contributed by atoms with Crippen molar-refractivity contribution >= 4 is 17.5 Å². The third kappa shape index (κ3) is 4.69. The summed E-state index contributed by atoms with van der Waals surface area (Å²) in [6.07, 6.45) is 4.06. The predicted octanol–water partition coefficient (Wildman–Crippen LogP) is 2.61. The number of hydrogen-bond donors (Lipinski definition) is 1. The fourth-order valence-electron chi connectivity index (χ4n) is 2.00. The molecule has 0 bridgehead atoms. The molecule has 1 fully saturated rings. The predicted molar refractivity (Wildman–Crippen MR) is 78.1 cm³/mol. The molecule has 1 aromatic carbocycles. The molecule has 19 heavy (non-hydrogen) atoms. The van der Waals surface area contributed by atoms with E-state index in [2.05, 4.69) is 16.8 Å². The van der Waals surface area contributed by atoms with Crippen molar-refractivity contribution in [1.82, 2.24) is 10.2 Å². The summed E-state index contributed by atoms with van der Waals surface area (Å²) in [4.78, 5) is 14.0. The van der Waals surface area contributed by atoms with Crippen LogP contribution in [0.3, 0.4) is 0 Å². The van der Waals surface area contributed by atoms with Gasteiger partial charge in [0.2, 0.25) is 5.91 Å². The lowest BCUT2D eigenvalue weighted by molar-refractivity contribution is -0.122. The number of halogens is 1. The Morgan fingerprint density at radius 1 is 1.42 bits per heavy atom. The minimum absolute atomic E-state index is 0.0563. The molecule has 1 aliphatic rings. The van der Waals surface area contributed by atoms with Crippen LogP contribution < -0.4 is 5.32 Å². The average molecular weight is 279 g/mol. The lowest BCUT2D eigenvalue weighted by Gasteiger charge is -2.21. The molecular weight excluding hydrogens is 260 g/mol. The topological polar surface area (TPSA) is 32.3 Å². The number of carbonyl (C=O) groups is 1. The maximum absolute atomic E-state index is 11.8. The van der Waals surface area contributed by atoms with Gasteiger partial charge in [-0.3, -0.25) is 9.69 Å². The van der Waals surface area contributed by atoms with Gasteiger partial charge in [-0.1, -0.05) is 29.8 Å². The Hall–Kier alpha value is -1.32. The highest BCUT2D eigenvalue weighted by Gasteiger charge is 2.30. The van der Waals surface area contributed by atoms with E-state index in [1.807, 2.05) is 24.3 Å². The molecule has 0 saturated heterocycles. The Morgan fingerprint density at radius 2 is 2.11 bits per heavy atom. The zero-order valence-corrected chi connectivity index (χ0v) is 11.7. The van der Waals surface area contributed by atoms with Crippen LogP contribution in [0.1, 0.15) is 18.4 Å². The van der Waals surface area contributed by atoms with E-state index in [9.17, 15) is 4.79 Å². The van der Waals surface area contributed by atoms with Gasteiger partial charge >= 0.3 is 0 Å². The summed E-state index contributed by atoms with van der Waals surface area (Å²) >= 11 is 5.88. The summed E-state index contributed by atoms with van der Waals surface area (Å²) < 4.78 is 0. The molecule has 3 nitrogen and oxygen atoms in total. The van der Waals surface area contributed by atoms with Gasteiger partial charge in [0.05, 0.1) is 6.54 Å². The van der Waals surface area contributed by atoms with Crippen molar-refractivity contribution in [2.24, 2.45) is 0 Å². The molecule has 1 aromatic rings. The highest BCUT2D eigenvalue weighted by molar-refractivity contribution is 6.30. The van der Waals surface area contributed by atoms with Gasteiger partial charge in [-0.25, -0.2) is 0 Å². The van der Waals surface area contributed by atoms with Gasteiger partial charge in [-0.05, 0) is 30.5 Å². The van der Waals surface area contributed by atoms with Crippen LogP contribution in [0.15, 0.2) is 36.9 Å². The molecular formula is C15H19ClN2O. The average Bonchev–Trinajstić information content (AvgIpc) is 3.22. The standard InChI is InChI=1S/C15H19ClN2O/c1-2-9-17-15(19)11-18(14-7-8-14)10-12-3-5-13(16)6-4-12/h2-6,14H,1,7-11H2,(H,17,19). The molecule has 1 amide bonds. The van der Waals surface area contributed by atoms with Gasteiger partial charge < -0.3 is 5.32 Å². The second-order valence-corrected chi connectivity index (χ2v) is 5.29. The molecule has 1 saturated carbocycles. The van der Waals surface area contributed by atoms with Crippen LogP contribution >= 0.6 is 11.6 Å². The van der Waals surface area contributed by atoms with Gasteiger partial charge in [0.25, 0.3) is 0 Å². The van der Waals surface area contributed by atoms with Crippen molar-refractivity contribution in [2.45, 2.75) is 25.4 Å². The van der Waals surface area contributed by atoms with E-state index >= 15 is 0 Å². The van der Waals surface area contributed by atoms with Crippen LogP contribution in [-0.4, -0.2) is 29.9 Å². The highest BCUT2D eigenvalue weighted by Crippen LogP contribution is 2.28. The summed E-state index contributed by atoms with van der Waals surface area (Å²) in [5.41, 5.74) is 1.19. The fraction of sp³-hybridized carbons (Fsp3) is 0.400. The summed E-state index contributed by atoms with van der Waals surface area (Å²) in [6, 6.07) is 8.35. The maximum Gasteiger partial charge on any atom is 0.234 e. The van der Waals surface area contributed by atoms with E-state index in [1.54, 1.807) is 6.08 Å². The van der Waals surface area contributed by atoms with Crippen LogP contribution in [-0.2, 0) is 11.3 Å². The summed E-state index contributed by atoms with van der Waals surface area (Å²) in [7, 11) is 0. The quantitative estimate of drug-likeness (QED) is 0.778. The van der Waals surface area contributed by atoms with E-state index in [0.717, 1.165) is 11.6 Å². The zero-order valence-electron chi connectivity index (χ0n) is 10.9. The molecule has 1 aliphatic carbocycles. The highest BCUT2D eigenvalue weighted by atomic mass is 35.5. The molecule has 0 radical (unpaired) electrons. The minimum atomic E-state index is 0.0563. The first-order valence-corrected chi connectivity index (χ1v) is 6.93. The smallest absolute Gasteiger partial charge is 0.234 e. The van der Waals surface area contributed by atoms with Gasteiger partial charge in [-0.15, -0.1) is 6.58 Å². The normalized spacial score (nSPS) is 14.4. The minimum Gasteiger partial charge on any atom is -0.352 e. The number of nitrogens with zero attached hydrogens (tertiary/aromatic N) is 1. The Morgan fingerprint density at radius 3 is 2.68 bits per heavy atom. The van der Waals surface area contributed by atoms with Crippen molar-refractivity contribution < 1.29 is 4.79 Å². The Balaban J connectivity index is 1.90. The van der Waals surface area contributed by atoms with E-state index in [-0.39, 0.29) is 5.91 Å². The van der Waals surface area contributed by atoms with Gasteiger partial charge in [0, 0.05) is 24.2 Å². The number of amides is 1. The first-order valence-electron chi connectivity index (χ1n) is 6.55.